The summed E-state index contributed by atoms with van der Waals surface area (Å²) in [5.41, 5.74) is 0.528. The summed E-state index contributed by atoms with van der Waals surface area (Å²) in [4.78, 5) is 14.4. The SMILES string of the molecule is CN(C)C=Nc1ncnc2c1ccn2[C@@H]1O[C@@H](CO)[C@@H](O)[C@H]1O. The standard InChI is InChI=1S/C14H19N5O4/c1-18(2)7-17-12-8-3-4-19(13(8)16-6-15-12)14-11(22)10(21)9(5-20)23-14/h3-4,6-7,9-11,14,20-22H,5H2,1-2H3/t9-,10+,11+,14+/m0/s1. The van der Waals surface area contributed by atoms with Gasteiger partial charge < -0.3 is 29.5 Å². The third-order valence-electron chi connectivity index (χ3n) is 3.69. The Labute approximate surface area is 132 Å². The highest BCUT2D eigenvalue weighted by Gasteiger charge is 2.43. The number of rotatable bonds is 4. The number of ether oxygens (including phenoxy) is 1. The number of aliphatic hydroxyl groups is 3. The second-order valence-corrected chi connectivity index (χ2v) is 5.59. The molecule has 0 aliphatic carbocycles. The van der Waals surface area contributed by atoms with Gasteiger partial charge in [-0.15, -0.1) is 0 Å². The molecule has 0 unspecified atom stereocenters. The van der Waals surface area contributed by atoms with Crippen molar-refractivity contribution in [3.8, 4) is 0 Å². The van der Waals surface area contributed by atoms with Crippen LogP contribution in [0.3, 0.4) is 0 Å². The maximum absolute atomic E-state index is 10.1. The van der Waals surface area contributed by atoms with E-state index < -0.39 is 24.5 Å². The quantitative estimate of drug-likeness (QED) is 0.502. The molecule has 23 heavy (non-hydrogen) atoms. The Morgan fingerprint density at radius 1 is 1.35 bits per heavy atom. The Morgan fingerprint density at radius 2 is 2.13 bits per heavy atom. The van der Waals surface area contributed by atoms with Crippen molar-refractivity contribution in [3.63, 3.8) is 0 Å². The lowest BCUT2D eigenvalue weighted by Gasteiger charge is -2.17. The molecule has 0 spiro atoms. The summed E-state index contributed by atoms with van der Waals surface area (Å²) in [5.74, 6) is 0.495. The Bertz CT molecular complexity index is 716. The summed E-state index contributed by atoms with van der Waals surface area (Å²) in [6, 6.07) is 1.77. The van der Waals surface area contributed by atoms with E-state index in [1.54, 1.807) is 28.1 Å². The number of fused-ring (bicyclic) bond motifs is 1. The number of nitrogens with zero attached hydrogens (tertiary/aromatic N) is 5. The molecule has 1 aliphatic heterocycles. The van der Waals surface area contributed by atoms with Gasteiger partial charge in [0.2, 0.25) is 0 Å². The van der Waals surface area contributed by atoms with E-state index in [4.69, 9.17) is 4.74 Å². The van der Waals surface area contributed by atoms with Gasteiger partial charge in [-0.3, -0.25) is 0 Å². The molecule has 0 radical (unpaired) electrons. The largest absolute Gasteiger partial charge is 0.394 e. The van der Waals surface area contributed by atoms with E-state index in [2.05, 4.69) is 15.0 Å². The number of aliphatic hydroxyl groups excluding tert-OH is 3. The molecule has 0 amide bonds. The minimum absolute atomic E-state index is 0.374. The third kappa shape index (κ3) is 2.79. The fraction of sp³-hybridized carbons (Fsp3) is 0.500. The predicted octanol–water partition coefficient (Wildman–Crippen LogP) is -0.736. The van der Waals surface area contributed by atoms with Crippen LogP contribution < -0.4 is 0 Å². The molecule has 3 N–H and O–H groups in total. The van der Waals surface area contributed by atoms with Crippen molar-refractivity contribution in [1.29, 1.82) is 0 Å². The van der Waals surface area contributed by atoms with Crippen molar-refractivity contribution in [2.75, 3.05) is 20.7 Å². The molecule has 1 aliphatic rings. The van der Waals surface area contributed by atoms with Crippen LogP contribution >= 0.6 is 0 Å². The molecule has 9 heteroatoms. The van der Waals surface area contributed by atoms with Crippen LogP contribution in [0.15, 0.2) is 23.6 Å². The highest BCUT2D eigenvalue weighted by molar-refractivity contribution is 5.87. The van der Waals surface area contributed by atoms with Crippen LogP contribution in [-0.2, 0) is 4.74 Å². The van der Waals surface area contributed by atoms with Crippen LogP contribution in [0.5, 0.6) is 0 Å². The Balaban J connectivity index is 1.99. The summed E-state index contributed by atoms with van der Waals surface area (Å²) < 4.78 is 7.14. The first kappa shape index (κ1) is 15.8. The van der Waals surface area contributed by atoms with E-state index >= 15 is 0 Å². The van der Waals surface area contributed by atoms with E-state index in [0.717, 1.165) is 0 Å². The second kappa shape index (κ2) is 6.20. The number of hydrogen-bond acceptors (Lipinski definition) is 7. The van der Waals surface area contributed by atoms with E-state index in [1.807, 2.05) is 14.1 Å². The van der Waals surface area contributed by atoms with E-state index in [1.165, 1.54) is 6.33 Å². The van der Waals surface area contributed by atoms with Crippen LogP contribution in [0, 0.1) is 0 Å². The highest BCUT2D eigenvalue weighted by atomic mass is 16.6. The van der Waals surface area contributed by atoms with Crippen molar-refractivity contribution in [3.05, 3.63) is 18.6 Å². The summed E-state index contributed by atoms with van der Waals surface area (Å²) in [7, 11) is 3.71. The molecular weight excluding hydrogens is 302 g/mol. The van der Waals surface area contributed by atoms with Gasteiger partial charge in [-0.1, -0.05) is 0 Å². The maximum Gasteiger partial charge on any atom is 0.166 e. The molecule has 1 saturated heterocycles. The molecule has 3 heterocycles. The lowest BCUT2D eigenvalue weighted by atomic mass is 10.1. The van der Waals surface area contributed by atoms with Crippen LogP contribution in [0.4, 0.5) is 5.82 Å². The Morgan fingerprint density at radius 3 is 2.78 bits per heavy atom. The van der Waals surface area contributed by atoms with E-state index in [9.17, 15) is 15.3 Å². The van der Waals surface area contributed by atoms with Gasteiger partial charge in [-0.2, -0.15) is 0 Å². The lowest BCUT2D eigenvalue weighted by molar-refractivity contribution is -0.0508. The van der Waals surface area contributed by atoms with Crippen molar-refractivity contribution < 1.29 is 20.1 Å². The first-order valence-corrected chi connectivity index (χ1v) is 7.17. The van der Waals surface area contributed by atoms with Gasteiger partial charge in [0.15, 0.2) is 12.0 Å². The number of aromatic nitrogens is 3. The summed E-state index contributed by atoms with van der Waals surface area (Å²) in [5, 5.41) is 29.9. The smallest absolute Gasteiger partial charge is 0.166 e. The van der Waals surface area contributed by atoms with E-state index in [-0.39, 0.29) is 6.61 Å². The minimum Gasteiger partial charge on any atom is -0.394 e. The molecule has 124 valence electrons. The monoisotopic (exact) mass is 321 g/mol. The van der Waals surface area contributed by atoms with Crippen molar-refractivity contribution in [2.24, 2.45) is 4.99 Å². The molecule has 2 aromatic rings. The zero-order chi connectivity index (χ0) is 16.6. The van der Waals surface area contributed by atoms with Crippen molar-refractivity contribution in [2.45, 2.75) is 24.5 Å². The molecule has 9 nitrogen and oxygen atoms in total. The fourth-order valence-corrected chi connectivity index (χ4v) is 2.55. The fourth-order valence-electron chi connectivity index (χ4n) is 2.55. The normalized spacial score (nSPS) is 28.0. The van der Waals surface area contributed by atoms with Gasteiger partial charge in [0.25, 0.3) is 0 Å². The van der Waals surface area contributed by atoms with Gasteiger partial charge in [0.1, 0.15) is 30.3 Å². The topological polar surface area (TPSA) is 116 Å². The summed E-state index contributed by atoms with van der Waals surface area (Å²) in [6.07, 6.45) is 0.713. The van der Waals surface area contributed by atoms with Gasteiger partial charge in [0, 0.05) is 20.3 Å². The zero-order valence-corrected chi connectivity index (χ0v) is 12.8. The van der Waals surface area contributed by atoms with Gasteiger partial charge in [0.05, 0.1) is 18.3 Å². The van der Waals surface area contributed by atoms with Crippen LogP contribution in [0.25, 0.3) is 11.0 Å². The Hall–Kier alpha value is -2.07. The van der Waals surface area contributed by atoms with Gasteiger partial charge in [-0.05, 0) is 6.07 Å². The van der Waals surface area contributed by atoms with Gasteiger partial charge >= 0.3 is 0 Å². The first-order valence-electron chi connectivity index (χ1n) is 7.17. The molecule has 0 saturated carbocycles. The minimum atomic E-state index is -1.16. The predicted molar refractivity (Wildman–Crippen MR) is 82.4 cm³/mol. The number of aliphatic imine (C=N–C) groups is 1. The third-order valence-corrected chi connectivity index (χ3v) is 3.69. The van der Waals surface area contributed by atoms with Crippen molar-refractivity contribution in [1.82, 2.24) is 19.4 Å². The lowest BCUT2D eigenvalue weighted by Crippen LogP contribution is -2.33. The molecule has 4 atom stereocenters. The Kier molecular flexibility index (Phi) is 4.26. The van der Waals surface area contributed by atoms with Crippen LogP contribution in [-0.4, -0.2) is 80.1 Å². The highest BCUT2D eigenvalue weighted by Crippen LogP contribution is 2.33. The van der Waals surface area contributed by atoms with Crippen LogP contribution in [0.2, 0.25) is 0 Å². The average Bonchev–Trinajstić information content (AvgIpc) is 3.08. The van der Waals surface area contributed by atoms with Crippen LogP contribution in [0.1, 0.15) is 6.23 Å². The molecule has 1 fully saturated rings. The molecule has 0 bridgehead atoms. The molecule has 0 aromatic carbocycles. The maximum atomic E-state index is 10.1. The molecule has 2 aromatic heterocycles. The number of hydrogen-bond donors (Lipinski definition) is 3. The summed E-state index contributed by atoms with van der Waals surface area (Å²) >= 11 is 0. The van der Waals surface area contributed by atoms with Gasteiger partial charge in [-0.25, -0.2) is 15.0 Å². The second-order valence-electron chi connectivity index (χ2n) is 5.59. The summed E-state index contributed by atoms with van der Waals surface area (Å²) in [6.45, 7) is -0.374. The van der Waals surface area contributed by atoms with Crippen molar-refractivity contribution >= 4 is 23.2 Å². The zero-order valence-electron chi connectivity index (χ0n) is 12.8. The van der Waals surface area contributed by atoms with E-state index in [0.29, 0.717) is 16.9 Å². The first-order chi connectivity index (χ1) is 11.0. The average molecular weight is 321 g/mol. The molecular formula is C14H19N5O4. The molecule has 3 rings (SSSR count).